The van der Waals surface area contributed by atoms with Gasteiger partial charge in [-0.3, -0.25) is 4.79 Å². The minimum Gasteiger partial charge on any atom is -0.444 e. The third-order valence-electron chi connectivity index (χ3n) is 4.68. The Hall–Kier alpha value is -2.48. The van der Waals surface area contributed by atoms with E-state index in [0.29, 0.717) is 10.4 Å². The molecule has 1 fully saturated rings. The standard InChI is InChI=1S/C21H26BrN3O4/c1-21(2,3)29-20(27)24(4)16-11-12-25(13-16)15-7-5-14(6-8-15)23-19(26)17-9-10-18(22)28-17/h5-10,16H,11-13H2,1-4H3,(H,23,26). The van der Waals surface area contributed by atoms with E-state index in [1.54, 1.807) is 24.1 Å². The number of furan rings is 1. The first-order valence-corrected chi connectivity index (χ1v) is 10.3. The second kappa shape index (κ2) is 8.49. The molecular weight excluding hydrogens is 438 g/mol. The van der Waals surface area contributed by atoms with Gasteiger partial charge < -0.3 is 24.3 Å². The lowest BCUT2D eigenvalue weighted by atomic mass is 10.2. The number of likely N-dealkylation sites (N-methyl/N-ethyl adjacent to an activating group) is 1. The van der Waals surface area contributed by atoms with Crippen molar-refractivity contribution in [2.24, 2.45) is 0 Å². The molecule has 0 bridgehead atoms. The number of hydrogen-bond acceptors (Lipinski definition) is 5. The Labute approximate surface area is 179 Å². The van der Waals surface area contributed by atoms with Crippen LogP contribution in [0.2, 0.25) is 0 Å². The van der Waals surface area contributed by atoms with Crippen LogP contribution in [0.4, 0.5) is 16.2 Å². The molecule has 2 aromatic rings. The Morgan fingerprint density at radius 1 is 1.21 bits per heavy atom. The van der Waals surface area contributed by atoms with E-state index in [4.69, 9.17) is 9.15 Å². The number of nitrogens with one attached hydrogen (secondary N) is 1. The number of carbonyl (C=O) groups excluding carboxylic acids is 2. The van der Waals surface area contributed by atoms with Gasteiger partial charge in [0.1, 0.15) is 5.60 Å². The maximum atomic E-state index is 12.3. The topological polar surface area (TPSA) is 75.0 Å². The zero-order valence-corrected chi connectivity index (χ0v) is 18.7. The van der Waals surface area contributed by atoms with Crippen molar-refractivity contribution >= 4 is 39.3 Å². The van der Waals surface area contributed by atoms with Crippen molar-refractivity contribution in [3.63, 3.8) is 0 Å². The van der Waals surface area contributed by atoms with Gasteiger partial charge in [0.15, 0.2) is 10.4 Å². The highest BCUT2D eigenvalue weighted by Gasteiger charge is 2.31. The molecule has 1 aliphatic heterocycles. The highest BCUT2D eigenvalue weighted by molar-refractivity contribution is 9.10. The Morgan fingerprint density at radius 3 is 2.48 bits per heavy atom. The first kappa shape index (κ1) is 21.2. The summed E-state index contributed by atoms with van der Waals surface area (Å²) >= 11 is 3.19. The van der Waals surface area contributed by atoms with E-state index in [2.05, 4.69) is 26.1 Å². The molecule has 0 saturated carbocycles. The quantitative estimate of drug-likeness (QED) is 0.708. The van der Waals surface area contributed by atoms with Crippen LogP contribution >= 0.6 is 15.9 Å². The van der Waals surface area contributed by atoms with E-state index in [1.807, 2.05) is 45.0 Å². The van der Waals surface area contributed by atoms with Gasteiger partial charge in [-0.25, -0.2) is 4.79 Å². The molecule has 1 unspecified atom stereocenters. The van der Waals surface area contributed by atoms with Crippen LogP contribution in [0.1, 0.15) is 37.7 Å². The van der Waals surface area contributed by atoms with Crippen LogP contribution in [0.15, 0.2) is 45.5 Å². The lowest BCUT2D eigenvalue weighted by Gasteiger charge is -2.28. The molecule has 1 N–H and O–H groups in total. The number of benzene rings is 1. The van der Waals surface area contributed by atoms with Crippen molar-refractivity contribution in [1.29, 1.82) is 0 Å². The summed E-state index contributed by atoms with van der Waals surface area (Å²) in [7, 11) is 1.79. The van der Waals surface area contributed by atoms with Gasteiger partial charge in [-0.05, 0) is 79.5 Å². The molecule has 1 saturated heterocycles. The molecule has 0 aliphatic carbocycles. The fraction of sp³-hybridized carbons (Fsp3) is 0.429. The van der Waals surface area contributed by atoms with Crippen LogP contribution in [-0.4, -0.2) is 48.7 Å². The first-order valence-electron chi connectivity index (χ1n) is 9.50. The molecule has 1 atom stereocenters. The van der Waals surface area contributed by atoms with E-state index >= 15 is 0 Å². The largest absolute Gasteiger partial charge is 0.444 e. The number of nitrogens with zero attached hydrogens (tertiary/aromatic N) is 2. The maximum Gasteiger partial charge on any atom is 0.410 e. The second-order valence-corrected chi connectivity index (χ2v) is 8.87. The van der Waals surface area contributed by atoms with E-state index in [9.17, 15) is 9.59 Å². The molecule has 1 aliphatic rings. The molecule has 2 heterocycles. The monoisotopic (exact) mass is 463 g/mol. The molecule has 1 aromatic heterocycles. The first-order chi connectivity index (χ1) is 13.6. The highest BCUT2D eigenvalue weighted by Crippen LogP contribution is 2.25. The summed E-state index contributed by atoms with van der Waals surface area (Å²) in [6, 6.07) is 11.0. The molecule has 3 rings (SSSR count). The van der Waals surface area contributed by atoms with Crippen LogP contribution in [0, 0.1) is 0 Å². The summed E-state index contributed by atoms with van der Waals surface area (Å²) < 4.78 is 11.2. The molecule has 0 radical (unpaired) electrons. The predicted octanol–water partition coefficient (Wildman–Crippen LogP) is 4.74. The van der Waals surface area contributed by atoms with E-state index in [1.165, 1.54) is 0 Å². The summed E-state index contributed by atoms with van der Waals surface area (Å²) in [6.45, 7) is 7.19. The summed E-state index contributed by atoms with van der Waals surface area (Å²) in [6.07, 6.45) is 0.577. The Balaban J connectivity index is 1.57. The number of ether oxygens (including phenoxy) is 1. The summed E-state index contributed by atoms with van der Waals surface area (Å²) in [5.41, 5.74) is 1.23. The average Bonchev–Trinajstić information content (AvgIpc) is 3.29. The number of amides is 2. The summed E-state index contributed by atoms with van der Waals surface area (Å²) in [4.78, 5) is 28.4. The van der Waals surface area contributed by atoms with Gasteiger partial charge in [0, 0.05) is 31.5 Å². The lowest BCUT2D eigenvalue weighted by molar-refractivity contribution is 0.0238. The molecule has 1 aromatic carbocycles. The van der Waals surface area contributed by atoms with Gasteiger partial charge in [-0.2, -0.15) is 0 Å². The van der Waals surface area contributed by atoms with Crippen LogP contribution in [0.25, 0.3) is 0 Å². The smallest absolute Gasteiger partial charge is 0.410 e. The van der Waals surface area contributed by atoms with Gasteiger partial charge >= 0.3 is 6.09 Å². The summed E-state index contributed by atoms with van der Waals surface area (Å²) in [5, 5.41) is 2.81. The van der Waals surface area contributed by atoms with Gasteiger partial charge in [0.2, 0.25) is 0 Å². The van der Waals surface area contributed by atoms with Crippen molar-refractivity contribution in [3.8, 4) is 0 Å². The van der Waals surface area contributed by atoms with Gasteiger partial charge in [0.05, 0.1) is 6.04 Å². The minimum absolute atomic E-state index is 0.0987. The third-order valence-corrected chi connectivity index (χ3v) is 5.11. The van der Waals surface area contributed by atoms with E-state index in [-0.39, 0.29) is 23.8 Å². The maximum absolute atomic E-state index is 12.3. The predicted molar refractivity (Wildman–Crippen MR) is 115 cm³/mol. The third kappa shape index (κ3) is 5.53. The number of anilines is 2. The van der Waals surface area contributed by atoms with Crippen LogP contribution in [-0.2, 0) is 4.74 Å². The molecule has 29 heavy (non-hydrogen) atoms. The zero-order chi connectivity index (χ0) is 21.2. The SMILES string of the molecule is CN(C(=O)OC(C)(C)C)C1CCN(c2ccc(NC(=O)c3ccc(Br)o3)cc2)C1. The lowest BCUT2D eigenvalue weighted by Crippen LogP contribution is -2.42. The number of carbonyl (C=O) groups is 2. The van der Waals surface area contributed by atoms with Crippen molar-refractivity contribution in [3.05, 3.63) is 46.8 Å². The second-order valence-electron chi connectivity index (χ2n) is 8.08. The Kier molecular flexibility index (Phi) is 6.21. The fourth-order valence-electron chi connectivity index (χ4n) is 3.16. The van der Waals surface area contributed by atoms with Crippen LogP contribution in [0.3, 0.4) is 0 Å². The van der Waals surface area contributed by atoms with Crippen molar-refractivity contribution < 1.29 is 18.7 Å². The summed E-state index contributed by atoms with van der Waals surface area (Å²) in [5.74, 6) is -0.0582. The van der Waals surface area contributed by atoms with E-state index in [0.717, 1.165) is 25.2 Å². The number of rotatable bonds is 4. The number of hydrogen-bond donors (Lipinski definition) is 1. The molecular formula is C21H26BrN3O4. The fourth-order valence-corrected chi connectivity index (χ4v) is 3.47. The zero-order valence-electron chi connectivity index (χ0n) is 17.1. The van der Waals surface area contributed by atoms with Gasteiger partial charge in [-0.15, -0.1) is 0 Å². The van der Waals surface area contributed by atoms with Crippen molar-refractivity contribution in [2.75, 3.05) is 30.4 Å². The highest BCUT2D eigenvalue weighted by atomic mass is 79.9. The van der Waals surface area contributed by atoms with Gasteiger partial charge in [0.25, 0.3) is 5.91 Å². The molecule has 7 nitrogen and oxygen atoms in total. The van der Waals surface area contributed by atoms with Gasteiger partial charge in [-0.1, -0.05) is 0 Å². The van der Waals surface area contributed by atoms with Crippen molar-refractivity contribution in [1.82, 2.24) is 4.90 Å². The molecule has 2 amide bonds. The van der Waals surface area contributed by atoms with Crippen LogP contribution < -0.4 is 10.2 Å². The van der Waals surface area contributed by atoms with Crippen molar-refractivity contribution in [2.45, 2.75) is 38.8 Å². The van der Waals surface area contributed by atoms with Crippen LogP contribution in [0.5, 0.6) is 0 Å². The number of halogens is 1. The molecule has 156 valence electrons. The average molecular weight is 464 g/mol. The molecule has 8 heteroatoms. The Bertz CT molecular complexity index is 873. The van der Waals surface area contributed by atoms with E-state index < -0.39 is 5.60 Å². The molecule has 0 spiro atoms. The minimum atomic E-state index is -0.504. The Morgan fingerprint density at radius 2 is 1.90 bits per heavy atom. The normalized spacial score (nSPS) is 16.6.